The van der Waals surface area contributed by atoms with Crippen LogP contribution in [0.3, 0.4) is 0 Å². The van der Waals surface area contributed by atoms with Crippen molar-refractivity contribution in [2.45, 2.75) is 42.5 Å². The van der Waals surface area contributed by atoms with Crippen LogP contribution in [0, 0.1) is 0 Å². The Morgan fingerprint density at radius 1 is 1.00 bits per heavy atom. The second kappa shape index (κ2) is 9.61. The molecule has 2 aromatic rings. The smallest absolute Gasteiger partial charge is 0.262 e. The predicted octanol–water partition coefficient (Wildman–Crippen LogP) is 3.25. The molecular formula is C24H31N3O5S. The zero-order chi connectivity index (χ0) is 23.5. The van der Waals surface area contributed by atoms with E-state index in [2.05, 4.69) is 14.9 Å². The van der Waals surface area contributed by atoms with E-state index in [0.29, 0.717) is 42.5 Å². The number of rotatable bonds is 7. The van der Waals surface area contributed by atoms with E-state index in [1.54, 1.807) is 30.3 Å². The van der Waals surface area contributed by atoms with Crippen molar-refractivity contribution in [3.63, 3.8) is 0 Å². The molecule has 0 spiro atoms. The highest BCUT2D eigenvalue weighted by atomic mass is 32.2. The number of carbonyl (C=O) groups excluding carboxylic acids is 1. The van der Waals surface area contributed by atoms with E-state index in [4.69, 9.17) is 9.47 Å². The normalized spacial score (nSPS) is 17.4. The highest BCUT2D eigenvalue weighted by Gasteiger charge is 2.36. The highest BCUT2D eigenvalue weighted by molar-refractivity contribution is 7.92. The summed E-state index contributed by atoms with van der Waals surface area (Å²) in [5.41, 5.74) is 0.699. The summed E-state index contributed by atoms with van der Waals surface area (Å²) in [6.07, 6.45) is 5.15. The van der Waals surface area contributed by atoms with Crippen LogP contribution >= 0.6 is 0 Å². The van der Waals surface area contributed by atoms with Crippen molar-refractivity contribution in [1.29, 1.82) is 0 Å². The third-order valence-corrected chi connectivity index (χ3v) is 7.85. The molecule has 0 saturated heterocycles. The van der Waals surface area contributed by atoms with Gasteiger partial charge in [0.25, 0.3) is 15.9 Å². The van der Waals surface area contributed by atoms with Crippen LogP contribution in [-0.4, -0.2) is 58.6 Å². The molecule has 0 bridgehead atoms. The number of anilines is 1. The molecule has 0 unspecified atom stereocenters. The molecule has 8 nitrogen and oxygen atoms in total. The van der Waals surface area contributed by atoms with Gasteiger partial charge in [0.1, 0.15) is 0 Å². The summed E-state index contributed by atoms with van der Waals surface area (Å²) in [6.45, 7) is 1.56. The number of nitrogens with zero attached hydrogens (tertiary/aromatic N) is 1. The number of amides is 1. The van der Waals surface area contributed by atoms with Gasteiger partial charge in [0.2, 0.25) is 0 Å². The van der Waals surface area contributed by atoms with Crippen molar-refractivity contribution in [1.82, 2.24) is 10.2 Å². The molecule has 4 rings (SSSR count). The van der Waals surface area contributed by atoms with Gasteiger partial charge in [0.15, 0.2) is 11.5 Å². The van der Waals surface area contributed by atoms with Crippen molar-refractivity contribution >= 4 is 21.6 Å². The van der Waals surface area contributed by atoms with E-state index >= 15 is 0 Å². The lowest BCUT2D eigenvalue weighted by Gasteiger charge is -2.36. The summed E-state index contributed by atoms with van der Waals surface area (Å²) in [5, 5.41) is 3.04. The van der Waals surface area contributed by atoms with Gasteiger partial charge in [-0.1, -0.05) is 18.9 Å². The van der Waals surface area contributed by atoms with Crippen LogP contribution in [0.1, 0.15) is 42.5 Å². The summed E-state index contributed by atoms with van der Waals surface area (Å²) in [6, 6.07) is 11.1. The second-order valence-corrected chi connectivity index (χ2v) is 10.5. The fraction of sp³-hybridized carbons (Fsp3) is 0.458. The minimum atomic E-state index is -3.87. The van der Waals surface area contributed by atoms with Crippen LogP contribution in [0.5, 0.6) is 11.5 Å². The van der Waals surface area contributed by atoms with E-state index < -0.39 is 10.0 Å². The molecule has 2 N–H and O–H groups in total. The van der Waals surface area contributed by atoms with Crippen molar-refractivity contribution in [3.8, 4) is 11.5 Å². The number of ether oxygens (including phenoxy) is 2. The summed E-state index contributed by atoms with van der Waals surface area (Å²) in [4.78, 5) is 15.1. The van der Waals surface area contributed by atoms with Crippen LogP contribution in [-0.2, 0) is 10.0 Å². The Labute approximate surface area is 195 Å². The van der Waals surface area contributed by atoms with Crippen molar-refractivity contribution in [2.24, 2.45) is 0 Å². The Morgan fingerprint density at radius 3 is 2.45 bits per heavy atom. The topological polar surface area (TPSA) is 97.0 Å². The fourth-order valence-corrected chi connectivity index (χ4v) is 5.48. The zero-order valence-corrected chi connectivity index (χ0v) is 19.9. The fourth-order valence-electron chi connectivity index (χ4n) is 4.41. The van der Waals surface area contributed by atoms with Gasteiger partial charge in [-0.3, -0.25) is 9.52 Å². The second-order valence-electron chi connectivity index (χ2n) is 8.85. The molecule has 0 aromatic heterocycles. The molecule has 1 heterocycles. The van der Waals surface area contributed by atoms with Gasteiger partial charge < -0.3 is 19.7 Å². The molecule has 0 atom stereocenters. The predicted molar refractivity (Wildman–Crippen MR) is 127 cm³/mol. The number of likely N-dealkylation sites (N-methyl/N-ethyl adjacent to an activating group) is 1. The molecule has 33 heavy (non-hydrogen) atoms. The summed E-state index contributed by atoms with van der Waals surface area (Å²) in [5.74, 6) is 0.716. The van der Waals surface area contributed by atoms with Crippen LogP contribution < -0.4 is 19.5 Å². The SMILES string of the molecule is CN(C)C1(CNC(=O)c2cccc(NS(=O)(=O)c3ccc4c(c3)OCCCO4)c2)CCCC1. The quantitative estimate of drug-likeness (QED) is 0.641. The van der Waals surface area contributed by atoms with Crippen LogP contribution in [0.4, 0.5) is 5.69 Å². The number of hydrogen-bond acceptors (Lipinski definition) is 6. The van der Waals surface area contributed by atoms with Gasteiger partial charge in [-0.2, -0.15) is 0 Å². The average Bonchev–Trinajstić information content (AvgIpc) is 3.16. The van der Waals surface area contributed by atoms with Gasteiger partial charge in [-0.15, -0.1) is 0 Å². The van der Waals surface area contributed by atoms with E-state index in [1.807, 2.05) is 14.1 Å². The average molecular weight is 474 g/mol. The van der Waals surface area contributed by atoms with Gasteiger partial charge >= 0.3 is 0 Å². The van der Waals surface area contributed by atoms with Gasteiger partial charge in [-0.25, -0.2) is 8.42 Å². The number of sulfonamides is 1. The van der Waals surface area contributed by atoms with Gasteiger partial charge in [0.05, 0.1) is 18.1 Å². The van der Waals surface area contributed by atoms with E-state index in [0.717, 1.165) is 32.1 Å². The Hall–Kier alpha value is -2.78. The minimum absolute atomic E-state index is 0.0219. The van der Waals surface area contributed by atoms with Crippen LogP contribution in [0.25, 0.3) is 0 Å². The largest absolute Gasteiger partial charge is 0.490 e. The monoisotopic (exact) mass is 473 g/mol. The molecular weight excluding hydrogens is 442 g/mol. The Balaban J connectivity index is 1.46. The summed E-state index contributed by atoms with van der Waals surface area (Å²) in [7, 11) is 0.225. The van der Waals surface area contributed by atoms with Crippen LogP contribution in [0.2, 0.25) is 0 Å². The lowest BCUT2D eigenvalue weighted by molar-refractivity contribution is 0.0900. The third kappa shape index (κ3) is 5.25. The van der Waals surface area contributed by atoms with Crippen molar-refractivity contribution < 1.29 is 22.7 Å². The van der Waals surface area contributed by atoms with Crippen molar-refractivity contribution in [2.75, 3.05) is 38.6 Å². The molecule has 1 aliphatic carbocycles. The van der Waals surface area contributed by atoms with E-state index in [9.17, 15) is 13.2 Å². The lowest BCUT2D eigenvalue weighted by atomic mass is 9.96. The molecule has 2 aliphatic rings. The summed E-state index contributed by atoms with van der Waals surface area (Å²) >= 11 is 0. The number of nitrogens with one attached hydrogen (secondary N) is 2. The number of carbonyl (C=O) groups is 1. The Morgan fingerprint density at radius 2 is 1.73 bits per heavy atom. The Bertz CT molecular complexity index is 1110. The van der Waals surface area contributed by atoms with E-state index in [1.165, 1.54) is 12.1 Å². The number of hydrogen-bond donors (Lipinski definition) is 2. The first-order valence-corrected chi connectivity index (χ1v) is 12.8. The Kier molecular flexibility index (Phi) is 6.81. The molecule has 1 aliphatic heterocycles. The number of fused-ring (bicyclic) bond motifs is 1. The maximum absolute atomic E-state index is 13.0. The standard InChI is InChI=1S/C24H31N3O5S/c1-27(2)24(11-3-4-12-24)17-25-23(28)18-7-5-8-19(15-18)26-33(29,30)20-9-10-21-22(16-20)32-14-6-13-31-21/h5,7-10,15-16,26H,3-4,6,11-14,17H2,1-2H3,(H,25,28). The zero-order valence-electron chi connectivity index (χ0n) is 19.1. The first-order chi connectivity index (χ1) is 15.8. The maximum Gasteiger partial charge on any atom is 0.262 e. The minimum Gasteiger partial charge on any atom is -0.490 e. The van der Waals surface area contributed by atoms with E-state index in [-0.39, 0.29) is 16.3 Å². The molecule has 2 aromatic carbocycles. The first kappa shape index (κ1) is 23.4. The molecule has 1 saturated carbocycles. The molecule has 9 heteroatoms. The van der Waals surface area contributed by atoms with Gasteiger partial charge in [0, 0.05) is 35.8 Å². The molecule has 178 valence electrons. The third-order valence-electron chi connectivity index (χ3n) is 6.47. The summed E-state index contributed by atoms with van der Waals surface area (Å²) < 4.78 is 39.7. The van der Waals surface area contributed by atoms with Crippen LogP contribution in [0.15, 0.2) is 47.4 Å². The van der Waals surface area contributed by atoms with Crippen molar-refractivity contribution in [3.05, 3.63) is 48.0 Å². The molecule has 1 fully saturated rings. The first-order valence-electron chi connectivity index (χ1n) is 11.3. The molecule has 1 amide bonds. The van der Waals surface area contributed by atoms with Gasteiger partial charge in [-0.05, 0) is 57.3 Å². The highest BCUT2D eigenvalue weighted by Crippen LogP contribution is 2.34. The molecule has 0 radical (unpaired) electrons. The maximum atomic E-state index is 13.0. The lowest BCUT2D eigenvalue weighted by Crippen LogP contribution is -2.50. The number of benzene rings is 2.